The Morgan fingerprint density at radius 2 is 1.21 bits per heavy atom. The monoisotopic (exact) mass is 279 g/mol. The predicted octanol–water partition coefficient (Wildman–Crippen LogP) is -1.61. The molecule has 0 fully saturated rings. The summed E-state index contributed by atoms with van der Waals surface area (Å²) in [6.07, 6.45) is 0.252. The third-order valence-electron chi connectivity index (χ3n) is 2.01. The number of rotatable bonds is 14. The number of nitrogens with two attached hydrogens (primary N) is 2. The fourth-order valence-corrected chi connectivity index (χ4v) is 1.08. The summed E-state index contributed by atoms with van der Waals surface area (Å²) in [6.45, 7) is 4.42. The Morgan fingerprint density at radius 3 is 1.63 bits per heavy atom. The van der Waals surface area contributed by atoms with Gasteiger partial charge in [-0.05, 0) is 0 Å². The SMILES string of the molecule is NCCOCCOCCOCCOCCC(=O)NN. The number of hydrogen-bond acceptors (Lipinski definition) is 7. The zero-order chi connectivity index (χ0) is 14.2. The van der Waals surface area contributed by atoms with Crippen molar-refractivity contribution < 1.29 is 23.7 Å². The zero-order valence-electron chi connectivity index (χ0n) is 11.3. The van der Waals surface area contributed by atoms with E-state index < -0.39 is 0 Å². The molecular weight excluding hydrogens is 254 g/mol. The van der Waals surface area contributed by atoms with Crippen LogP contribution in [0.1, 0.15) is 6.42 Å². The molecule has 0 heterocycles. The molecule has 8 nitrogen and oxygen atoms in total. The van der Waals surface area contributed by atoms with E-state index in [1.807, 2.05) is 5.43 Å². The molecule has 0 unspecified atom stereocenters. The molecule has 0 bridgehead atoms. The second kappa shape index (κ2) is 15.3. The Labute approximate surface area is 113 Å². The fourth-order valence-electron chi connectivity index (χ4n) is 1.08. The second-order valence-corrected chi connectivity index (χ2v) is 3.56. The lowest BCUT2D eigenvalue weighted by atomic mass is 10.4. The van der Waals surface area contributed by atoms with Gasteiger partial charge in [-0.15, -0.1) is 0 Å². The maximum Gasteiger partial charge on any atom is 0.236 e. The van der Waals surface area contributed by atoms with Gasteiger partial charge in [-0.2, -0.15) is 0 Å². The summed E-state index contributed by atoms with van der Waals surface area (Å²) < 4.78 is 20.8. The van der Waals surface area contributed by atoms with E-state index in [9.17, 15) is 4.79 Å². The minimum absolute atomic E-state index is 0.244. The molecule has 0 radical (unpaired) electrons. The molecule has 0 aliphatic heterocycles. The second-order valence-electron chi connectivity index (χ2n) is 3.56. The molecule has 0 saturated carbocycles. The Morgan fingerprint density at radius 1 is 0.789 bits per heavy atom. The molecule has 0 aliphatic rings. The van der Waals surface area contributed by atoms with Gasteiger partial charge in [-0.3, -0.25) is 10.2 Å². The van der Waals surface area contributed by atoms with Crippen LogP contribution in [0, 0.1) is 0 Å². The molecule has 0 aliphatic carbocycles. The standard InChI is InChI=1S/C11H25N3O5/c12-2-4-17-6-8-19-10-9-18-7-5-16-3-1-11(15)14-13/h1-10,12-13H2,(H,14,15). The molecule has 114 valence electrons. The van der Waals surface area contributed by atoms with E-state index in [1.54, 1.807) is 0 Å². The summed E-state index contributed by atoms with van der Waals surface area (Å²) in [6, 6.07) is 0. The van der Waals surface area contributed by atoms with Crippen LogP contribution < -0.4 is 17.0 Å². The highest BCUT2D eigenvalue weighted by atomic mass is 16.6. The zero-order valence-corrected chi connectivity index (χ0v) is 11.3. The van der Waals surface area contributed by atoms with Crippen molar-refractivity contribution in [1.82, 2.24) is 5.43 Å². The molecule has 0 saturated heterocycles. The van der Waals surface area contributed by atoms with Crippen molar-refractivity contribution in [3.63, 3.8) is 0 Å². The van der Waals surface area contributed by atoms with Gasteiger partial charge in [0, 0.05) is 6.54 Å². The number of ether oxygens (including phenoxy) is 4. The normalized spacial score (nSPS) is 10.6. The molecule has 5 N–H and O–H groups in total. The minimum Gasteiger partial charge on any atom is -0.379 e. The van der Waals surface area contributed by atoms with E-state index in [0.717, 1.165) is 0 Å². The van der Waals surface area contributed by atoms with Gasteiger partial charge < -0.3 is 24.7 Å². The first-order valence-electron chi connectivity index (χ1n) is 6.31. The van der Waals surface area contributed by atoms with Gasteiger partial charge in [-0.25, -0.2) is 5.84 Å². The van der Waals surface area contributed by atoms with Crippen molar-refractivity contribution in [2.45, 2.75) is 6.42 Å². The Hall–Kier alpha value is -0.770. The van der Waals surface area contributed by atoms with Crippen molar-refractivity contribution in [3.05, 3.63) is 0 Å². The van der Waals surface area contributed by atoms with Gasteiger partial charge in [0.2, 0.25) is 5.91 Å². The van der Waals surface area contributed by atoms with Crippen LogP contribution in [0.15, 0.2) is 0 Å². The van der Waals surface area contributed by atoms with Crippen LogP contribution >= 0.6 is 0 Å². The van der Waals surface area contributed by atoms with Gasteiger partial charge in [0.1, 0.15) is 0 Å². The average Bonchev–Trinajstić information content (AvgIpc) is 2.43. The van der Waals surface area contributed by atoms with Crippen molar-refractivity contribution >= 4 is 5.91 Å². The number of nitrogens with one attached hydrogen (secondary N) is 1. The molecule has 0 aromatic heterocycles. The smallest absolute Gasteiger partial charge is 0.236 e. The van der Waals surface area contributed by atoms with Crippen LogP contribution in [-0.4, -0.2) is 65.3 Å². The molecule has 19 heavy (non-hydrogen) atoms. The van der Waals surface area contributed by atoms with Crippen LogP contribution in [0.2, 0.25) is 0 Å². The Kier molecular flexibility index (Phi) is 14.7. The molecule has 0 aromatic carbocycles. The lowest BCUT2D eigenvalue weighted by molar-refractivity contribution is -0.122. The number of hydrazine groups is 1. The molecule has 8 heteroatoms. The van der Waals surface area contributed by atoms with Gasteiger partial charge in [0.05, 0.1) is 59.3 Å². The van der Waals surface area contributed by atoms with Crippen molar-refractivity contribution in [1.29, 1.82) is 0 Å². The first-order valence-corrected chi connectivity index (χ1v) is 6.31. The third-order valence-corrected chi connectivity index (χ3v) is 2.01. The molecule has 0 spiro atoms. The highest BCUT2D eigenvalue weighted by Crippen LogP contribution is 1.85. The van der Waals surface area contributed by atoms with E-state index in [1.165, 1.54) is 0 Å². The van der Waals surface area contributed by atoms with Crippen LogP contribution in [0.3, 0.4) is 0 Å². The summed E-state index contributed by atoms with van der Waals surface area (Å²) >= 11 is 0. The van der Waals surface area contributed by atoms with Gasteiger partial charge in [-0.1, -0.05) is 0 Å². The number of hydrogen-bond donors (Lipinski definition) is 3. The third kappa shape index (κ3) is 15.2. The fraction of sp³-hybridized carbons (Fsp3) is 0.909. The molecule has 0 rings (SSSR count). The predicted molar refractivity (Wildman–Crippen MR) is 69.3 cm³/mol. The van der Waals surface area contributed by atoms with E-state index in [4.69, 9.17) is 30.5 Å². The minimum atomic E-state index is -0.244. The number of amides is 1. The first-order chi connectivity index (χ1) is 9.31. The largest absolute Gasteiger partial charge is 0.379 e. The lowest BCUT2D eigenvalue weighted by Crippen LogP contribution is -2.30. The van der Waals surface area contributed by atoms with Crippen LogP contribution in [0.25, 0.3) is 0 Å². The lowest BCUT2D eigenvalue weighted by Gasteiger charge is -2.07. The maximum atomic E-state index is 10.7. The summed E-state index contributed by atoms with van der Waals surface area (Å²) in [7, 11) is 0. The van der Waals surface area contributed by atoms with Crippen LogP contribution in [0.4, 0.5) is 0 Å². The Balaban J connectivity index is 2.97. The van der Waals surface area contributed by atoms with Crippen LogP contribution in [-0.2, 0) is 23.7 Å². The number of carbonyl (C=O) groups excluding carboxylic acids is 1. The van der Waals surface area contributed by atoms with E-state index >= 15 is 0 Å². The number of carbonyl (C=O) groups is 1. The van der Waals surface area contributed by atoms with Gasteiger partial charge in [0.25, 0.3) is 0 Å². The van der Waals surface area contributed by atoms with Crippen LogP contribution in [0.5, 0.6) is 0 Å². The maximum absolute atomic E-state index is 10.7. The topological polar surface area (TPSA) is 118 Å². The summed E-state index contributed by atoms with van der Waals surface area (Å²) in [5.41, 5.74) is 7.28. The highest BCUT2D eigenvalue weighted by Gasteiger charge is 1.97. The van der Waals surface area contributed by atoms with E-state index in [0.29, 0.717) is 59.4 Å². The quantitative estimate of drug-likeness (QED) is 0.151. The molecule has 0 aromatic rings. The van der Waals surface area contributed by atoms with E-state index in [-0.39, 0.29) is 12.3 Å². The molecule has 1 amide bonds. The summed E-state index contributed by atoms with van der Waals surface area (Å²) in [5.74, 6) is 4.67. The van der Waals surface area contributed by atoms with Crippen molar-refractivity contribution in [3.8, 4) is 0 Å². The van der Waals surface area contributed by atoms with Crippen molar-refractivity contribution in [2.24, 2.45) is 11.6 Å². The Bertz CT molecular complexity index is 207. The first kappa shape index (κ1) is 18.2. The summed E-state index contributed by atoms with van der Waals surface area (Å²) in [4.78, 5) is 10.7. The van der Waals surface area contributed by atoms with Gasteiger partial charge in [0.15, 0.2) is 0 Å². The van der Waals surface area contributed by atoms with Gasteiger partial charge >= 0.3 is 0 Å². The average molecular weight is 279 g/mol. The highest BCUT2D eigenvalue weighted by molar-refractivity contribution is 5.75. The molecule has 0 atom stereocenters. The molecular formula is C11H25N3O5. The summed E-state index contributed by atoms with van der Waals surface area (Å²) in [5, 5.41) is 0. The van der Waals surface area contributed by atoms with Crippen molar-refractivity contribution in [2.75, 3.05) is 59.4 Å². The van der Waals surface area contributed by atoms with E-state index in [2.05, 4.69) is 0 Å².